The Bertz CT molecular complexity index is 382. The van der Waals surface area contributed by atoms with Gasteiger partial charge in [-0.2, -0.15) is 0 Å². The van der Waals surface area contributed by atoms with Gasteiger partial charge in [-0.3, -0.25) is 4.79 Å². The first-order valence-electron chi connectivity index (χ1n) is 4.59. The molecule has 5 heteroatoms. The van der Waals surface area contributed by atoms with Crippen molar-refractivity contribution in [2.45, 2.75) is 13.0 Å². The lowest BCUT2D eigenvalue weighted by Gasteiger charge is -2.09. The summed E-state index contributed by atoms with van der Waals surface area (Å²) < 4.78 is 9.19. The molecule has 1 unspecified atom stereocenters. The van der Waals surface area contributed by atoms with Gasteiger partial charge in [-0.25, -0.2) is 4.79 Å². The number of hydrogen-bond donors (Lipinski definition) is 1. The van der Waals surface area contributed by atoms with Crippen molar-refractivity contribution in [1.82, 2.24) is 0 Å². The summed E-state index contributed by atoms with van der Waals surface area (Å²) in [5.41, 5.74) is 0.340. The monoisotopic (exact) mass is 224 g/mol. The van der Waals surface area contributed by atoms with E-state index >= 15 is 0 Å². The zero-order chi connectivity index (χ0) is 12.1. The van der Waals surface area contributed by atoms with Crippen molar-refractivity contribution >= 4 is 11.9 Å². The quantitative estimate of drug-likeness (QED) is 0.607. The fraction of sp³-hybridized carbons (Fsp3) is 0.273. The van der Waals surface area contributed by atoms with Crippen LogP contribution in [-0.4, -0.2) is 24.2 Å². The summed E-state index contributed by atoms with van der Waals surface area (Å²) >= 11 is 0. The van der Waals surface area contributed by atoms with Gasteiger partial charge >= 0.3 is 11.9 Å². The number of ether oxygens (including phenoxy) is 2. The lowest BCUT2D eigenvalue weighted by atomic mass is 10.1. The van der Waals surface area contributed by atoms with Crippen LogP contribution in [0.2, 0.25) is 0 Å². The Hall–Kier alpha value is -1.88. The average Bonchev–Trinajstić information content (AvgIpc) is 2.27. The second-order valence-electron chi connectivity index (χ2n) is 3.09. The zero-order valence-electron chi connectivity index (χ0n) is 8.97. The number of carbonyl (C=O) groups excluding carboxylic acids is 2. The summed E-state index contributed by atoms with van der Waals surface area (Å²) in [6, 6.07) is 6.23. The molecule has 1 aromatic carbocycles. The van der Waals surface area contributed by atoms with Crippen molar-refractivity contribution in [1.29, 1.82) is 0 Å². The number of aliphatic hydroxyl groups is 1. The molecule has 5 nitrogen and oxygen atoms in total. The predicted molar refractivity (Wildman–Crippen MR) is 54.7 cm³/mol. The highest BCUT2D eigenvalue weighted by atomic mass is 16.6. The van der Waals surface area contributed by atoms with E-state index in [0.29, 0.717) is 11.3 Å². The number of hydrogen-bond acceptors (Lipinski definition) is 5. The second-order valence-corrected chi connectivity index (χ2v) is 3.09. The molecule has 0 aliphatic rings. The summed E-state index contributed by atoms with van der Waals surface area (Å²) in [6.45, 7) is 1.10. The van der Waals surface area contributed by atoms with E-state index in [2.05, 4.69) is 4.74 Å². The molecular formula is C11H12O5. The van der Waals surface area contributed by atoms with Crippen molar-refractivity contribution < 1.29 is 24.2 Å². The van der Waals surface area contributed by atoms with E-state index in [1.165, 1.54) is 19.2 Å². The molecular weight excluding hydrogens is 212 g/mol. The average molecular weight is 224 g/mol. The third-order valence-corrected chi connectivity index (χ3v) is 1.90. The molecule has 0 saturated heterocycles. The maximum Gasteiger partial charge on any atom is 0.347 e. The fourth-order valence-electron chi connectivity index (χ4n) is 1.12. The van der Waals surface area contributed by atoms with E-state index in [4.69, 9.17) is 4.74 Å². The van der Waals surface area contributed by atoms with Crippen LogP contribution in [0.3, 0.4) is 0 Å². The molecule has 0 aromatic heterocycles. The van der Waals surface area contributed by atoms with E-state index in [0.717, 1.165) is 6.92 Å². The van der Waals surface area contributed by atoms with E-state index in [1.54, 1.807) is 12.1 Å². The largest absolute Gasteiger partial charge is 0.497 e. The third kappa shape index (κ3) is 3.06. The van der Waals surface area contributed by atoms with Gasteiger partial charge in [0.1, 0.15) is 5.75 Å². The molecule has 0 heterocycles. The lowest BCUT2D eigenvalue weighted by Crippen LogP contribution is -2.17. The molecule has 1 rings (SSSR count). The summed E-state index contributed by atoms with van der Waals surface area (Å²) in [4.78, 5) is 21.7. The van der Waals surface area contributed by atoms with Crippen molar-refractivity contribution in [3.8, 4) is 5.75 Å². The predicted octanol–water partition coefficient (Wildman–Crippen LogP) is 0.818. The molecule has 0 aliphatic heterocycles. The van der Waals surface area contributed by atoms with Crippen LogP contribution in [0, 0.1) is 0 Å². The molecule has 1 atom stereocenters. The first-order valence-corrected chi connectivity index (χ1v) is 4.59. The van der Waals surface area contributed by atoms with Crippen LogP contribution in [0.4, 0.5) is 0 Å². The third-order valence-electron chi connectivity index (χ3n) is 1.90. The van der Waals surface area contributed by atoms with Gasteiger partial charge in [0.15, 0.2) is 6.10 Å². The van der Waals surface area contributed by atoms with Crippen LogP contribution < -0.4 is 4.74 Å². The van der Waals surface area contributed by atoms with Crippen LogP contribution in [0.5, 0.6) is 5.75 Å². The molecule has 0 aliphatic carbocycles. The highest BCUT2D eigenvalue weighted by Gasteiger charge is 2.20. The molecule has 0 spiro atoms. The standard InChI is InChI=1S/C11H12O5/c1-7(12)16-11(14)10(13)8-3-5-9(15-2)6-4-8/h3-6,10,13H,1-2H3. The van der Waals surface area contributed by atoms with Crippen LogP contribution in [0.15, 0.2) is 24.3 Å². The number of rotatable bonds is 3. The molecule has 16 heavy (non-hydrogen) atoms. The summed E-state index contributed by atoms with van der Waals surface area (Å²) in [5.74, 6) is -1.13. The molecule has 86 valence electrons. The minimum absolute atomic E-state index is 0.340. The number of benzene rings is 1. The summed E-state index contributed by atoms with van der Waals surface area (Å²) in [6.07, 6.45) is -1.46. The summed E-state index contributed by atoms with van der Waals surface area (Å²) in [5, 5.41) is 9.53. The molecule has 1 aromatic rings. The number of carbonyl (C=O) groups is 2. The maximum absolute atomic E-state index is 11.2. The fourth-order valence-corrected chi connectivity index (χ4v) is 1.12. The maximum atomic E-state index is 11.2. The van der Waals surface area contributed by atoms with Gasteiger partial charge in [0, 0.05) is 6.92 Å². The van der Waals surface area contributed by atoms with Gasteiger partial charge in [-0.15, -0.1) is 0 Å². The van der Waals surface area contributed by atoms with Crippen LogP contribution in [0.1, 0.15) is 18.6 Å². The van der Waals surface area contributed by atoms with Crippen molar-refractivity contribution in [3.63, 3.8) is 0 Å². The van der Waals surface area contributed by atoms with E-state index in [-0.39, 0.29) is 0 Å². The van der Waals surface area contributed by atoms with Crippen LogP contribution in [0.25, 0.3) is 0 Å². The van der Waals surface area contributed by atoms with E-state index in [1.807, 2.05) is 0 Å². The first kappa shape index (κ1) is 12.2. The topological polar surface area (TPSA) is 72.8 Å². The minimum atomic E-state index is -1.46. The normalized spacial score (nSPS) is 11.7. The van der Waals surface area contributed by atoms with Crippen molar-refractivity contribution in [3.05, 3.63) is 29.8 Å². The highest BCUT2D eigenvalue weighted by molar-refractivity contribution is 5.87. The van der Waals surface area contributed by atoms with Crippen molar-refractivity contribution in [2.24, 2.45) is 0 Å². The molecule has 0 amide bonds. The van der Waals surface area contributed by atoms with Gasteiger partial charge in [0.2, 0.25) is 0 Å². The van der Waals surface area contributed by atoms with Gasteiger partial charge in [0.05, 0.1) is 7.11 Å². The smallest absolute Gasteiger partial charge is 0.347 e. The number of esters is 2. The highest BCUT2D eigenvalue weighted by Crippen LogP contribution is 2.18. The Kier molecular flexibility index (Phi) is 4.02. The Labute approximate surface area is 92.6 Å². The van der Waals surface area contributed by atoms with E-state index < -0.39 is 18.0 Å². The van der Waals surface area contributed by atoms with Crippen molar-refractivity contribution in [2.75, 3.05) is 7.11 Å². The molecule has 0 bridgehead atoms. The Morgan fingerprint density at radius 2 is 1.81 bits per heavy atom. The van der Waals surface area contributed by atoms with Gasteiger partial charge in [-0.1, -0.05) is 12.1 Å². The summed E-state index contributed by atoms with van der Waals surface area (Å²) in [7, 11) is 1.51. The first-order chi connectivity index (χ1) is 7.54. The number of methoxy groups -OCH3 is 1. The van der Waals surface area contributed by atoms with Crippen LogP contribution in [-0.2, 0) is 14.3 Å². The SMILES string of the molecule is COc1ccc(C(O)C(=O)OC(C)=O)cc1. The number of aliphatic hydroxyl groups excluding tert-OH is 1. The molecule has 0 radical (unpaired) electrons. The molecule has 0 saturated carbocycles. The minimum Gasteiger partial charge on any atom is -0.497 e. The van der Waals surface area contributed by atoms with Gasteiger partial charge < -0.3 is 14.6 Å². The Morgan fingerprint density at radius 1 is 1.25 bits per heavy atom. The Morgan fingerprint density at radius 3 is 2.25 bits per heavy atom. The lowest BCUT2D eigenvalue weighted by molar-refractivity contribution is -0.164. The molecule has 0 fully saturated rings. The Balaban J connectivity index is 2.75. The van der Waals surface area contributed by atoms with Crippen LogP contribution >= 0.6 is 0 Å². The van der Waals surface area contributed by atoms with Gasteiger partial charge in [-0.05, 0) is 17.7 Å². The second kappa shape index (κ2) is 5.27. The zero-order valence-corrected chi connectivity index (χ0v) is 8.97. The molecule has 1 N–H and O–H groups in total. The van der Waals surface area contributed by atoms with E-state index in [9.17, 15) is 14.7 Å². The van der Waals surface area contributed by atoms with Gasteiger partial charge in [0.25, 0.3) is 0 Å².